The van der Waals surface area contributed by atoms with E-state index in [1.807, 2.05) is 37.3 Å². The van der Waals surface area contributed by atoms with Gasteiger partial charge in [0.1, 0.15) is 19.0 Å². The Morgan fingerprint density at radius 2 is 1.96 bits per heavy atom. The number of hydrogen-bond acceptors (Lipinski definition) is 6. The van der Waals surface area contributed by atoms with Gasteiger partial charge in [-0.1, -0.05) is 50.3 Å². The van der Waals surface area contributed by atoms with E-state index >= 15 is 0 Å². The molecular weight excluding hydrogens is 348 g/mol. The zero-order valence-electron chi connectivity index (χ0n) is 16.2. The highest BCUT2D eigenvalue weighted by Crippen LogP contribution is 2.39. The number of rotatable bonds is 10. The maximum absolute atomic E-state index is 10.8. The van der Waals surface area contributed by atoms with Crippen LogP contribution in [-0.4, -0.2) is 55.8 Å². The van der Waals surface area contributed by atoms with Gasteiger partial charge in [0.2, 0.25) is 0 Å². The summed E-state index contributed by atoms with van der Waals surface area (Å²) < 4.78 is 28.5. The second kappa shape index (κ2) is 9.28. The minimum Gasteiger partial charge on any atom is -0.390 e. The predicted molar refractivity (Wildman–Crippen MR) is 99.8 cm³/mol. The van der Waals surface area contributed by atoms with E-state index in [2.05, 4.69) is 13.5 Å². The second-order valence-electron chi connectivity index (χ2n) is 7.31. The van der Waals surface area contributed by atoms with Gasteiger partial charge >= 0.3 is 0 Å². The van der Waals surface area contributed by atoms with Crippen LogP contribution in [0.25, 0.3) is 0 Å². The molecule has 27 heavy (non-hydrogen) atoms. The molecule has 1 aromatic carbocycles. The Morgan fingerprint density at radius 3 is 2.59 bits per heavy atom. The first-order valence-corrected chi connectivity index (χ1v) is 9.44. The third-order valence-electron chi connectivity index (χ3n) is 5.39. The van der Waals surface area contributed by atoms with Crippen LogP contribution in [0, 0.1) is 11.8 Å². The molecule has 3 rings (SSSR count). The van der Waals surface area contributed by atoms with Crippen LogP contribution in [0.5, 0.6) is 0 Å². The molecule has 1 N–H and O–H groups in total. The van der Waals surface area contributed by atoms with Crippen molar-refractivity contribution in [1.29, 1.82) is 0 Å². The Morgan fingerprint density at radius 1 is 1.22 bits per heavy atom. The molecule has 0 amide bonds. The molecule has 8 atom stereocenters. The van der Waals surface area contributed by atoms with Crippen LogP contribution in [0.15, 0.2) is 43.0 Å². The SMILES string of the molecule is C=C[C@H]1O[C@@H]1[C@@H](C)[C@H](OCc1ccccc1)[C@@H]1O[C@@H](OCOC)[C@H](C)[C@H]1O. The average Bonchev–Trinajstić information content (AvgIpc) is 3.43. The molecule has 0 bridgehead atoms. The van der Waals surface area contributed by atoms with E-state index in [1.54, 1.807) is 13.2 Å². The van der Waals surface area contributed by atoms with Gasteiger partial charge in [-0.2, -0.15) is 0 Å². The lowest BCUT2D eigenvalue weighted by atomic mass is 9.89. The Hall–Kier alpha value is -1.28. The summed E-state index contributed by atoms with van der Waals surface area (Å²) in [5.74, 6) is -0.153. The maximum atomic E-state index is 10.8. The van der Waals surface area contributed by atoms with Crippen LogP contribution >= 0.6 is 0 Å². The molecule has 0 saturated carbocycles. The van der Waals surface area contributed by atoms with Crippen molar-refractivity contribution in [1.82, 2.24) is 0 Å². The summed E-state index contributed by atoms with van der Waals surface area (Å²) in [7, 11) is 1.56. The zero-order valence-corrected chi connectivity index (χ0v) is 16.2. The van der Waals surface area contributed by atoms with Gasteiger partial charge in [0.25, 0.3) is 0 Å². The van der Waals surface area contributed by atoms with Gasteiger partial charge < -0.3 is 28.8 Å². The summed E-state index contributed by atoms with van der Waals surface area (Å²) in [6, 6.07) is 9.96. The summed E-state index contributed by atoms with van der Waals surface area (Å²) >= 11 is 0. The highest BCUT2D eigenvalue weighted by molar-refractivity contribution is 5.13. The zero-order chi connectivity index (χ0) is 19.4. The average molecular weight is 378 g/mol. The maximum Gasteiger partial charge on any atom is 0.166 e. The number of aliphatic hydroxyl groups is 1. The molecule has 0 spiro atoms. The van der Waals surface area contributed by atoms with Crippen LogP contribution in [-0.2, 0) is 30.3 Å². The van der Waals surface area contributed by atoms with Gasteiger partial charge in [0.05, 0.1) is 24.9 Å². The molecule has 6 heteroatoms. The first kappa shape index (κ1) is 20.5. The van der Waals surface area contributed by atoms with E-state index in [4.69, 9.17) is 23.7 Å². The number of methoxy groups -OCH3 is 1. The molecule has 6 nitrogen and oxygen atoms in total. The van der Waals surface area contributed by atoms with Gasteiger partial charge in [0.15, 0.2) is 6.29 Å². The van der Waals surface area contributed by atoms with Crippen molar-refractivity contribution in [3.8, 4) is 0 Å². The van der Waals surface area contributed by atoms with Gasteiger partial charge in [0, 0.05) is 18.9 Å². The van der Waals surface area contributed by atoms with Gasteiger partial charge in [-0.05, 0) is 5.56 Å². The first-order valence-electron chi connectivity index (χ1n) is 9.44. The van der Waals surface area contributed by atoms with Crippen LogP contribution in [0.2, 0.25) is 0 Å². The van der Waals surface area contributed by atoms with Crippen LogP contribution in [0.1, 0.15) is 19.4 Å². The van der Waals surface area contributed by atoms with Gasteiger partial charge in [-0.3, -0.25) is 0 Å². The molecule has 0 aliphatic carbocycles. The molecule has 2 aliphatic rings. The summed E-state index contributed by atoms with van der Waals surface area (Å²) in [5.41, 5.74) is 1.07. The van der Waals surface area contributed by atoms with Crippen LogP contribution in [0.3, 0.4) is 0 Å². The molecule has 2 fully saturated rings. The number of epoxide rings is 1. The standard InChI is InChI=1S/C21H30O6/c1-5-16-18(26-16)14(3)19(24-11-15-9-7-6-8-10-15)20-17(22)13(2)21(27-20)25-12-23-4/h5-10,13-14,16-22H,1,11-12H2,2-4H3/t13-,14-,16-,17-,18-,19+,20-,21-/m1/s1. The van der Waals surface area contributed by atoms with Crippen molar-refractivity contribution in [2.75, 3.05) is 13.9 Å². The molecule has 150 valence electrons. The lowest BCUT2D eigenvalue weighted by molar-refractivity contribution is -0.212. The third-order valence-corrected chi connectivity index (χ3v) is 5.39. The molecule has 1 aromatic rings. The fourth-order valence-electron chi connectivity index (χ4n) is 3.67. The highest BCUT2D eigenvalue weighted by Gasteiger charge is 2.52. The topological polar surface area (TPSA) is 69.7 Å². The Balaban J connectivity index is 1.71. The highest BCUT2D eigenvalue weighted by atomic mass is 16.8. The number of ether oxygens (including phenoxy) is 5. The lowest BCUT2D eigenvalue weighted by Crippen LogP contribution is -2.43. The largest absolute Gasteiger partial charge is 0.390 e. The van der Waals surface area contributed by atoms with Crippen LogP contribution in [0.4, 0.5) is 0 Å². The molecule has 2 aliphatic heterocycles. The van der Waals surface area contributed by atoms with E-state index in [0.29, 0.717) is 6.61 Å². The Bertz CT molecular complexity index is 594. The molecule has 0 aromatic heterocycles. The van der Waals surface area contributed by atoms with Gasteiger partial charge in [-0.15, -0.1) is 6.58 Å². The smallest absolute Gasteiger partial charge is 0.166 e. The lowest BCUT2D eigenvalue weighted by Gasteiger charge is -2.30. The van der Waals surface area contributed by atoms with E-state index in [9.17, 15) is 5.11 Å². The summed E-state index contributed by atoms with van der Waals surface area (Å²) in [5, 5.41) is 10.8. The monoisotopic (exact) mass is 378 g/mol. The van der Waals surface area contributed by atoms with Crippen molar-refractivity contribution in [3.63, 3.8) is 0 Å². The number of aliphatic hydroxyl groups excluding tert-OH is 1. The van der Waals surface area contributed by atoms with Crippen molar-refractivity contribution in [2.24, 2.45) is 11.8 Å². The van der Waals surface area contributed by atoms with Gasteiger partial charge in [-0.25, -0.2) is 0 Å². The van der Waals surface area contributed by atoms with Crippen molar-refractivity contribution < 1.29 is 28.8 Å². The van der Waals surface area contributed by atoms with E-state index in [-0.39, 0.29) is 36.9 Å². The minimum atomic E-state index is -0.698. The van der Waals surface area contributed by atoms with E-state index in [0.717, 1.165) is 5.56 Å². The molecular formula is C21H30O6. The van der Waals surface area contributed by atoms with Crippen molar-refractivity contribution >= 4 is 0 Å². The van der Waals surface area contributed by atoms with E-state index < -0.39 is 18.5 Å². The Kier molecular flexibility index (Phi) is 7.03. The third kappa shape index (κ3) is 4.77. The molecule has 2 saturated heterocycles. The molecule has 0 radical (unpaired) electrons. The van der Waals surface area contributed by atoms with E-state index in [1.165, 1.54) is 0 Å². The van der Waals surface area contributed by atoms with Crippen LogP contribution < -0.4 is 0 Å². The quantitative estimate of drug-likeness (QED) is 0.383. The minimum absolute atomic E-state index is 0.0216. The summed E-state index contributed by atoms with van der Waals surface area (Å²) in [6.45, 7) is 8.32. The normalized spacial score (nSPS) is 35.0. The molecule has 0 unspecified atom stereocenters. The molecule has 2 heterocycles. The fraction of sp³-hybridized carbons (Fsp3) is 0.619. The predicted octanol–water partition coefficient (Wildman–Crippen LogP) is 2.50. The number of hydrogen-bond donors (Lipinski definition) is 1. The fourth-order valence-corrected chi connectivity index (χ4v) is 3.67. The van der Waals surface area contributed by atoms with Crippen molar-refractivity contribution in [3.05, 3.63) is 48.6 Å². The Labute approximate surface area is 161 Å². The number of benzene rings is 1. The summed E-state index contributed by atoms with van der Waals surface area (Å²) in [6.07, 6.45) is -0.225. The first-order chi connectivity index (χ1) is 13.1. The van der Waals surface area contributed by atoms with Crippen molar-refractivity contribution in [2.45, 2.75) is 57.3 Å². The second-order valence-corrected chi connectivity index (χ2v) is 7.31. The summed E-state index contributed by atoms with van der Waals surface area (Å²) in [4.78, 5) is 0.